The average molecular weight is 356 g/mol. The zero-order chi connectivity index (χ0) is 17.9. The third-order valence-electron chi connectivity index (χ3n) is 5.82. The molecule has 2 saturated heterocycles. The Morgan fingerprint density at radius 2 is 2.00 bits per heavy atom. The monoisotopic (exact) mass is 356 g/mol. The van der Waals surface area contributed by atoms with Crippen LogP contribution in [0.1, 0.15) is 35.1 Å². The van der Waals surface area contributed by atoms with E-state index in [-0.39, 0.29) is 23.7 Å². The largest absolute Gasteiger partial charge is 0.459 e. The van der Waals surface area contributed by atoms with Crippen LogP contribution >= 0.6 is 0 Å². The van der Waals surface area contributed by atoms with Gasteiger partial charge in [-0.25, -0.2) is 0 Å². The lowest BCUT2D eigenvalue weighted by Gasteiger charge is -2.25. The number of carbonyl (C=O) groups excluding carboxylic acids is 2. The van der Waals surface area contributed by atoms with Gasteiger partial charge in [-0.15, -0.1) is 0 Å². The Morgan fingerprint density at radius 3 is 2.65 bits per heavy atom. The van der Waals surface area contributed by atoms with Gasteiger partial charge in [0.05, 0.1) is 11.7 Å². The summed E-state index contributed by atoms with van der Waals surface area (Å²) in [5.41, 5.74) is -0.492. The van der Waals surface area contributed by atoms with Gasteiger partial charge in [0.1, 0.15) is 0 Å². The second-order valence-corrected chi connectivity index (χ2v) is 7.66. The average Bonchev–Trinajstić information content (AvgIpc) is 2.99. The van der Waals surface area contributed by atoms with E-state index in [9.17, 15) is 9.59 Å². The van der Waals surface area contributed by atoms with Crippen molar-refractivity contribution in [3.05, 3.63) is 35.9 Å². The minimum Gasteiger partial charge on any atom is -0.459 e. The van der Waals surface area contributed by atoms with Gasteiger partial charge in [0.25, 0.3) is 5.91 Å². The van der Waals surface area contributed by atoms with Gasteiger partial charge in [-0.1, -0.05) is 5.16 Å². The van der Waals surface area contributed by atoms with E-state index in [4.69, 9.17) is 8.94 Å². The highest BCUT2D eigenvalue weighted by atomic mass is 16.5. The molecule has 2 aromatic rings. The van der Waals surface area contributed by atoms with Crippen LogP contribution in [-0.2, 0) is 10.2 Å². The maximum atomic E-state index is 12.7. The number of hydrogen-bond donors (Lipinski definition) is 0. The maximum absolute atomic E-state index is 12.7. The highest BCUT2D eigenvalue weighted by molar-refractivity contribution is 5.92. The fourth-order valence-corrected chi connectivity index (χ4v) is 4.33. The Balaban J connectivity index is 1.45. The fourth-order valence-electron chi connectivity index (χ4n) is 4.33. The molecule has 0 N–H and O–H groups in total. The van der Waals surface area contributed by atoms with Gasteiger partial charge >= 0.3 is 0 Å². The molecule has 8 nitrogen and oxygen atoms in total. The highest BCUT2D eigenvalue weighted by Gasteiger charge is 2.59. The molecule has 4 heterocycles. The van der Waals surface area contributed by atoms with Crippen LogP contribution in [0.15, 0.2) is 27.3 Å². The molecule has 2 atom stereocenters. The lowest BCUT2D eigenvalue weighted by atomic mass is 9.81. The third kappa shape index (κ3) is 2.28. The van der Waals surface area contributed by atoms with Crippen molar-refractivity contribution in [2.75, 3.05) is 26.2 Å². The summed E-state index contributed by atoms with van der Waals surface area (Å²) in [6, 6.07) is 3.38. The molecule has 1 saturated carbocycles. The number of aromatic nitrogens is 2. The molecule has 3 aliphatic rings. The van der Waals surface area contributed by atoms with Gasteiger partial charge < -0.3 is 18.7 Å². The first-order valence-electron chi connectivity index (χ1n) is 8.99. The van der Waals surface area contributed by atoms with Crippen LogP contribution in [0.4, 0.5) is 0 Å². The first kappa shape index (κ1) is 15.6. The Hall–Kier alpha value is -2.64. The van der Waals surface area contributed by atoms with Crippen LogP contribution in [0.3, 0.4) is 0 Å². The van der Waals surface area contributed by atoms with E-state index in [1.54, 1.807) is 24.0 Å². The summed E-state index contributed by atoms with van der Waals surface area (Å²) < 4.78 is 10.8. The number of hydrogen-bond acceptors (Lipinski definition) is 6. The van der Waals surface area contributed by atoms with Gasteiger partial charge in [-0.05, 0) is 31.9 Å². The molecular weight excluding hydrogens is 336 g/mol. The Bertz CT molecular complexity index is 856. The molecule has 0 radical (unpaired) electrons. The van der Waals surface area contributed by atoms with Crippen molar-refractivity contribution >= 4 is 11.8 Å². The summed E-state index contributed by atoms with van der Waals surface area (Å²) in [6.07, 6.45) is 3.46. The molecule has 26 heavy (non-hydrogen) atoms. The van der Waals surface area contributed by atoms with E-state index >= 15 is 0 Å². The zero-order valence-electron chi connectivity index (χ0n) is 14.6. The number of nitrogens with zero attached hydrogens (tertiary/aromatic N) is 4. The second-order valence-electron chi connectivity index (χ2n) is 7.66. The van der Waals surface area contributed by atoms with E-state index in [0.29, 0.717) is 43.7 Å². The third-order valence-corrected chi connectivity index (χ3v) is 5.82. The molecule has 136 valence electrons. The van der Waals surface area contributed by atoms with Gasteiger partial charge in [-0.2, -0.15) is 4.98 Å². The highest BCUT2D eigenvalue weighted by Crippen LogP contribution is 2.46. The number of aryl methyl sites for hydroxylation is 1. The number of fused-ring (bicyclic) bond motifs is 1. The number of furan rings is 1. The molecule has 0 bridgehead atoms. The van der Waals surface area contributed by atoms with Crippen LogP contribution in [0.5, 0.6) is 0 Å². The molecule has 3 fully saturated rings. The molecule has 1 aliphatic carbocycles. The predicted octanol–water partition coefficient (Wildman–Crippen LogP) is 1.23. The topological polar surface area (TPSA) is 92.7 Å². The molecule has 8 heteroatoms. The van der Waals surface area contributed by atoms with Crippen molar-refractivity contribution in [2.45, 2.75) is 25.2 Å². The molecule has 0 unspecified atom stereocenters. The standard InChI is InChI=1S/C18H20N4O4/c1-11-19-17(26-20-11)18-9-21(15(23)12-4-5-12)7-13(18)8-22(10-18)16(24)14-3-2-6-25-14/h2-3,6,12-13H,4-5,7-10H2,1H3/t13-,18-/m1/s1. The van der Waals surface area contributed by atoms with Crippen molar-refractivity contribution in [1.29, 1.82) is 0 Å². The molecule has 2 aliphatic heterocycles. The maximum Gasteiger partial charge on any atom is 0.289 e. The van der Waals surface area contributed by atoms with Gasteiger partial charge in [0.15, 0.2) is 11.6 Å². The van der Waals surface area contributed by atoms with Crippen LogP contribution in [-0.4, -0.2) is 57.9 Å². The fraction of sp³-hybridized carbons (Fsp3) is 0.556. The lowest BCUT2D eigenvalue weighted by molar-refractivity contribution is -0.131. The number of likely N-dealkylation sites (tertiary alicyclic amines) is 2. The van der Waals surface area contributed by atoms with E-state index in [2.05, 4.69) is 10.1 Å². The summed E-state index contributed by atoms with van der Waals surface area (Å²) in [6.45, 7) is 3.93. The van der Waals surface area contributed by atoms with Crippen molar-refractivity contribution in [3.8, 4) is 0 Å². The summed E-state index contributed by atoms with van der Waals surface area (Å²) >= 11 is 0. The molecule has 0 spiro atoms. The molecular formula is C18H20N4O4. The number of amides is 2. The SMILES string of the molecule is Cc1noc([C@]23CN(C(=O)c4ccco4)C[C@H]2CN(C(=O)C2CC2)C3)n1. The second kappa shape index (κ2) is 5.43. The van der Waals surface area contributed by atoms with Gasteiger partial charge in [-0.3, -0.25) is 9.59 Å². The summed E-state index contributed by atoms with van der Waals surface area (Å²) in [5, 5.41) is 3.94. The Labute approximate surface area is 150 Å². The number of rotatable bonds is 3. The minimum atomic E-state index is -0.492. The van der Waals surface area contributed by atoms with E-state index < -0.39 is 5.41 Å². The van der Waals surface area contributed by atoms with E-state index in [1.165, 1.54) is 6.26 Å². The van der Waals surface area contributed by atoms with E-state index in [0.717, 1.165) is 12.8 Å². The summed E-state index contributed by atoms with van der Waals surface area (Å²) in [7, 11) is 0. The van der Waals surface area contributed by atoms with Crippen molar-refractivity contribution < 1.29 is 18.5 Å². The predicted molar refractivity (Wildman–Crippen MR) is 88.1 cm³/mol. The van der Waals surface area contributed by atoms with Crippen LogP contribution in [0.2, 0.25) is 0 Å². The van der Waals surface area contributed by atoms with Crippen molar-refractivity contribution in [1.82, 2.24) is 19.9 Å². The Morgan fingerprint density at radius 1 is 1.23 bits per heavy atom. The molecule has 0 aromatic carbocycles. The first-order chi connectivity index (χ1) is 12.6. The summed E-state index contributed by atoms with van der Waals surface area (Å²) in [5.74, 6) is 1.77. The number of carbonyl (C=O) groups is 2. The zero-order valence-corrected chi connectivity index (χ0v) is 14.6. The van der Waals surface area contributed by atoms with E-state index in [1.807, 2.05) is 4.90 Å². The van der Waals surface area contributed by atoms with Crippen LogP contribution < -0.4 is 0 Å². The Kier molecular flexibility index (Phi) is 3.26. The van der Waals surface area contributed by atoms with Crippen molar-refractivity contribution in [3.63, 3.8) is 0 Å². The minimum absolute atomic E-state index is 0.0870. The normalized spacial score (nSPS) is 27.8. The smallest absolute Gasteiger partial charge is 0.289 e. The molecule has 2 amide bonds. The quantitative estimate of drug-likeness (QED) is 0.821. The van der Waals surface area contributed by atoms with Gasteiger partial charge in [0, 0.05) is 38.0 Å². The van der Waals surface area contributed by atoms with Crippen LogP contribution in [0, 0.1) is 18.8 Å². The first-order valence-corrected chi connectivity index (χ1v) is 8.99. The van der Waals surface area contributed by atoms with Gasteiger partial charge in [0.2, 0.25) is 11.8 Å². The molecule has 5 rings (SSSR count). The lowest BCUT2D eigenvalue weighted by Crippen LogP contribution is -2.41. The molecule has 2 aromatic heterocycles. The summed E-state index contributed by atoms with van der Waals surface area (Å²) in [4.78, 5) is 33.5. The van der Waals surface area contributed by atoms with Crippen molar-refractivity contribution in [2.24, 2.45) is 11.8 Å². The van der Waals surface area contributed by atoms with Crippen LogP contribution in [0.25, 0.3) is 0 Å².